The second-order valence-electron chi connectivity index (χ2n) is 7.54. The van der Waals surface area contributed by atoms with Crippen molar-refractivity contribution in [2.24, 2.45) is 0 Å². The molecule has 0 aliphatic heterocycles. The summed E-state index contributed by atoms with van der Waals surface area (Å²) in [4.78, 5) is 14.0. The summed E-state index contributed by atoms with van der Waals surface area (Å²) in [6, 6.07) is 28.5. The highest BCUT2D eigenvalue weighted by Crippen LogP contribution is 2.35. The topological polar surface area (TPSA) is 43.8 Å². The zero-order valence-electron chi connectivity index (χ0n) is 17.9. The van der Waals surface area contributed by atoms with Gasteiger partial charge in [-0.3, -0.25) is 9.80 Å². The highest BCUT2D eigenvalue weighted by Gasteiger charge is 2.44. The second kappa shape index (κ2) is 9.22. The summed E-state index contributed by atoms with van der Waals surface area (Å²) in [5.74, 6) is -1.71. The Hall–Kier alpha value is -4.03. The number of benzene rings is 4. The van der Waals surface area contributed by atoms with Crippen LogP contribution in [0.3, 0.4) is 0 Å². The van der Waals surface area contributed by atoms with Gasteiger partial charge in [0.05, 0.1) is 11.4 Å². The lowest BCUT2D eigenvalue weighted by atomic mass is 9.85. The summed E-state index contributed by atoms with van der Waals surface area (Å²) in [5.41, 5.74) is -0.486. The van der Waals surface area contributed by atoms with Crippen molar-refractivity contribution < 1.29 is 18.7 Å². The minimum atomic E-state index is -2.20. The van der Waals surface area contributed by atoms with Gasteiger partial charge < -0.3 is 5.11 Å². The van der Waals surface area contributed by atoms with Crippen LogP contribution in [0.25, 0.3) is 0 Å². The summed E-state index contributed by atoms with van der Waals surface area (Å²) in [6.45, 7) is 0. The molecule has 0 bridgehead atoms. The molecule has 0 spiro atoms. The number of halogens is 2. The van der Waals surface area contributed by atoms with Crippen LogP contribution in [0.5, 0.6) is 0 Å². The first-order chi connectivity index (χ1) is 15.9. The smallest absolute Gasteiger partial charge is 0.282 e. The Morgan fingerprint density at radius 1 is 0.667 bits per heavy atom. The van der Waals surface area contributed by atoms with Crippen LogP contribution >= 0.6 is 0 Å². The minimum Gasteiger partial charge on any atom is -0.372 e. The van der Waals surface area contributed by atoms with Crippen molar-refractivity contribution in [1.82, 2.24) is 5.01 Å². The Morgan fingerprint density at radius 3 is 1.39 bits per heavy atom. The highest BCUT2D eigenvalue weighted by molar-refractivity contribution is 5.92. The van der Waals surface area contributed by atoms with Crippen molar-refractivity contribution in [2.45, 2.75) is 5.60 Å². The quantitative estimate of drug-likeness (QED) is 0.404. The summed E-state index contributed by atoms with van der Waals surface area (Å²) in [7, 11) is 1.54. The number of rotatable bonds is 6. The third kappa shape index (κ3) is 4.33. The molecule has 4 nitrogen and oxygen atoms in total. The minimum absolute atomic E-state index is 0.161. The van der Waals surface area contributed by atoms with Crippen molar-refractivity contribution in [3.05, 3.63) is 132 Å². The fourth-order valence-corrected chi connectivity index (χ4v) is 3.75. The first-order valence-electron chi connectivity index (χ1n) is 10.3. The van der Waals surface area contributed by atoms with Crippen LogP contribution in [-0.2, 0) is 10.4 Å². The molecule has 0 aromatic heterocycles. The number of hydrogen-bond acceptors (Lipinski definition) is 3. The van der Waals surface area contributed by atoms with E-state index < -0.39 is 23.1 Å². The van der Waals surface area contributed by atoms with Gasteiger partial charge in [-0.15, -0.1) is 0 Å². The van der Waals surface area contributed by atoms with Gasteiger partial charge >= 0.3 is 0 Å². The highest BCUT2D eigenvalue weighted by atomic mass is 19.1. The van der Waals surface area contributed by atoms with E-state index in [2.05, 4.69) is 0 Å². The zero-order chi connectivity index (χ0) is 23.4. The Morgan fingerprint density at radius 2 is 1.03 bits per heavy atom. The standard InChI is InChI=1S/C27H22F2N2O2/c1-30(31(24-8-4-2-5-9-24)25-10-6-3-7-11-25)26(32)27(33,20-12-16-22(28)17-13-20)21-14-18-23(29)19-15-21/h2-19,33H,1H3. The molecule has 0 aliphatic carbocycles. The number of anilines is 2. The molecule has 4 rings (SSSR count). The Balaban J connectivity index is 1.85. The molecule has 0 saturated heterocycles. The number of para-hydroxylation sites is 2. The summed E-state index contributed by atoms with van der Waals surface area (Å²) in [6.07, 6.45) is 0. The lowest BCUT2D eigenvalue weighted by Crippen LogP contribution is -2.52. The molecule has 0 radical (unpaired) electrons. The summed E-state index contributed by atoms with van der Waals surface area (Å²) in [5, 5.41) is 14.8. The van der Waals surface area contributed by atoms with E-state index in [-0.39, 0.29) is 11.1 Å². The molecule has 1 amide bonds. The number of likely N-dealkylation sites (N-methyl/N-ethyl adjacent to an activating group) is 1. The van der Waals surface area contributed by atoms with Crippen molar-refractivity contribution in [1.29, 1.82) is 0 Å². The number of carbonyl (C=O) groups is 1. The first-order valence-corrected chi connectivity index (χ1v) is 10.3. The number of nitrogens with zero attached hydrogens (tertiary/aromatic N) is 2. The van der Waals surface area contributed by atoms with Gasteiger partial charge in [0.25, 0.3) is 5.91 Å². The number of amides is 1. The van der Waals surface area contributed by atoms with Gasteiger partial charge in [-0.25, -0.2) is 13.8 Å². The van der Waals surface area contributed by atoms with Crippen molar-refractivity contribution in [3.63, 3.8) is 0 Å². The van der Waals surface area contributed by atoms with Gasteiger partial charge in [-0.05, 0) is 59.7 Å². The molecule has 0 atom stereocenters. The van der Waals surface area contributed by atoms with Gasteiger partial charge in [-0.1, -0.05) is 60.7 Å². The van der Waals surface area contributed by atoms with Crippen LogP contribution in [0.1, 0.15) is 11.1 Å². The number of aliphatic hydroxyl groups is 1. The van der Waals surface area contributed by atoms with E-state index in [0.717, 1.165) is 0 Å². The van der Waals surface area contributed by atoms with Gasteiger partial charge in [-0.2, -0.15) is 0 Å². The maximum Gasteiger partial charge on any atom is 0.282 e. The molecule has 0 unspecified atom stereocenters. The summed E-state index contributed by atoms with van der Waals surface area (Å²) >= 11 is 0. The molecule has 0 saturated carbocycles. The number of carbonyl (C=O) groups excluding carboxylic acids is 1. The van der Waals surface area contributed by atoms with E-state index >= 15 is 0 Å². The van der Waals surface area contributed by atoms with Gasteiger partial charge in [0.2, 0.25) is 0 Å². The molecule has 6 heteroatoms. The Kier molecular flexibility index (Phi) is 6.20. The normalized spacial score (nSPS) is 11.2. The van der Waals surface area contributed by atoms with Crippen LogP contribution in [0.2, 0.25) is 0 Å². The van der Waals surface area contributed by atoms with Gasteiger partial charge in [0.1, 0.15) is 11.6 Å². The van der Waals surface area contributed by atoms with Crippen molar-refractivity contribution in [3.8, 4) is 0 Å². The lowest BCUT2D eigenvalue weighted by molar-refractivity contribution is -0.146. The average molecular weight is 444 g/mol. The molecule has 0 fully saturated rings. The van der Waals surface area contributed by atoms with Gasteiger partial charge in [0.15, 0.2) is 5.60 Å². The average Bonchev–Trinajstić information content (AvgIpc) is 2.85. The van der Waals surface area contributed by atoms with E-state index in [9.17, 15) is 18.7 Å². The molecular formula is C27H22F2N2O2. The van der Waals surface area contributed by atoms with Crippen LogP contribution in [0, 0.1) is 11.6 Å². The zero-order valence-corrected chi connectivity index (χ0v) is 17.9. The Bertz CT molecular complexity index is 1130. The molecule has 0 aliphatic rings. The molecule has 0 heterocycles. The molecule has 4 aromatic rings. The van der Waals surface area contributed by atoms with Crippen LogP contribution in [0.15, 0.2) is 109 Å². The van der Waals surface area contributed by atoms with E-state index in [0.29, 0.717) is 11.4 Å². The molecular weight excluding hydrogens is 422 g/mol. The fraction of sp³-hybridized carbons (Fsp3) is 0.0741. The number of hydrogen-bond donors (Lipinski definition) is 1. The van der Waals surface area contributed by atoms with Crippen LogP contribution in [0.4, 0.5) is 20.2 Å². The third-order valence-corrected chi connectivity index (χ3v) is 5.43. The predicted octanol–water partition coefficient (Wildman–Crippen LogP) is 5.41. The fourth-order valence-electron chi connectivity index (χ4n) is 3.75. The summed E-state index contributed by atoms with van der Waals surface area (Å²) < 4.78 is 27.3. The predicted molar refractivity (Wildman–Crippen MR) is 124 cm³/mol. The van der Waals surface area contributed by atoms with Crippen molar-refractivity contribution >= 4 is 17.3 Å². The molecule has 4 aromatic carbocycles. The molecule has 166 valence electrons. The monoisotopic (exact) mass is 444 g/mol. The van der Waals surface area contributed by atoms with Crippen LogP contribution in [-0.4, -0.2) is 23.1 Å². The third-order valence-electron chi connectivity index (χ3n) is 5.43. The van der Waals surface area contributed by atoms with E-state index in [1.165, 1.54) is 53.5 Å². The van der Waals surface area contributed by atoms with E-state index in [1.807, 2.05) is 60.7 Å². The Labute approximate surface area is 190 Å². The van der Waals surface area contributed by atoms with E-state index in [4.69, 9.17) is 0 Å². The largest absolute Gasteiger partial charge is 0.372 e. The molecule has 33 heavy (non-hydrogen) atoms. The maximum atomic E-state index is 14.0. The maximum absolute atomic E-state index is 14.0. The van der Waals surface area contributed by atoms with Gasteiger partial charge in [0, 0.05) is 7.05 Å². The lowest BCUT2D eigenvalue weighted by Gasteiger charge is -2.39. The number of hydrazine groups is 1. The first kappa shape index (κ1) is 22.2. The van der Waals surface area contributed by atoms with Crippen molar-refractivity contribution in [2.75, 3.05) is 12.1 Å². The van der Waals surface area contributed by atoms with E-state index in [1.54, 1.807) is 12.1 Å². The second-order valence-corrected chi connectivity index (χ2v) is 7.54. The van der Waals surface area contributed by atoms with Crippen LogP contribution < -0.4 is 5.01 Å². The SMILES string of the molecule is CN(C(=O)C(O)(c1ccc(F)cc1)c1ccc(F)cc1)N(c1ccccc1)c1ccccc1. The molecule has 1 N–H and O–H groups in total.